The monoisotopic (exact) mass is 194 g/mol. The minimum Gasteiger partial charge on any atom is -0.290 e. The fourth-order valence-electron chi connectivity index (χ4n) is 1.38. The normalized spacial score (nSPS) is 9.53. The van der Waals surface area contributed by atoms with E-state index in [1.807, 2.05) is 12.1 Å². The number of nitriles is 1. The van der Waals surface area contributed by atoms with E-state index in [9.17, 15) is 5.11 Å². The summed E-state index contributed by atoms with van der Waals surface area (Å²) in [6.45, 7) is 0. The van der Waals surface area contributed by atoms with E-state index in [4.69, 9.17) is 5.26 Å². The Morgan fingerprint density at radius 1 is 0.800 bits per heavy atom. The Bertz CT molecular complexity index is 492. The third-order valence-corrected chi connectivity index (χ3v) is 2.20. The van der Waals surface area contributed by atoms with Crippen LogP contribution in [0, 0.1) is 11.3 Å². The van der Waals surface area contributed by atoms with E-state index in [1.54, 1.807) is 24.3 Å². The van der Waals surface area contributed by atoms with Crippen molar-refractivity contribution in [2.75, 3.05) is 0 Å². The molecular weight excluding hydrogens is 186 g/mol. The van der Waals surface area contributed by atoms with Gasteiger partial charge >= 0.3 is 0 Å². The standard InChI is InChI=1S/C13H8NO/c14-9-10-1-3-11(4-2-10)12-5-7-13(15)8-6-12/h1-8H. The van der Waals surface area contributed by atoms with E-state index in [1.165, 1.54) is 12.1 Å². The third-order valence-electron chi connectivity index (χ3n) is 2.20. The molecule has 0 fully saturated rings. The second kappa shape index (κ2) is 3.85. The lowest BCUT2D eigenvalue weighted by molar-refractivity contribution is 0.355. The average molecular weight is 194 g/mol. The first kappa shape index (κ1) is 9.29. The summed E-state index contributed by atoms with van der Waals surface area (Å²) in [7, 11) is 0. The zero-order valence-electron chi connectivity index (χ0n) is 7.97. The van der Waals surface area contributed by atoms with E-state index in [0.717, 1.165) is 11.1 Å². The minimum absolute atomic E-state index is 0.00685. The molecule has 0 atom stereocenters. The predicted octanol–water partition coefficient (Wildman–Crippen LogP) is 3.37. The summed E-state index contributed by atoms with van der Waals surface area (Å²) in [4.78, 5) is 0. The molecule has 0 aromatic heterocycles. The van der Waals surface area contributed by atoms with Crippen molar-refractivity contribution in [2.45, 2.75) is 0 Å². The summed E-state index contributed by atoms with van der Waals surface area (Å²) in [5.74, 6) is 0.00685. The summed E-state index contributed by atoms with van der Waals surface area (Å²) >= 11 is 0. The molecule has 0 aliphatic heterocycles. The number of nitrogens with zero attached hydrogens (tertiary/aromatic N) is 1. The molecule has 1 radical (unpaired) electrons. The maximum atomic E-state index is 10.9. The molecule has 0 aliphatic carbocycles. The molecule has 71 valence electrons. The summed E-state index contributed by atoms with van der Waals surface area (Å²) in [5.41, 5.74) is 2.63. The van der Waals surface area contributed by atoms with E-state index >= 15 is 0 Å². The zero-order chi connectivity index (χ0) is 10.7. The van der Waals surface area contributed by atoms with Crippen molar-refractivity contribution in [3.05, 3.63) is 54.1 Å². The van der Waals surface area contributed by atoms with Crippen molar-refractivity contribution in [1.82, 2.24) is 0 Å². The molecule has 0 unspecified atom stereocenters. The van der Waals surface area contributed by atoms with E-state index in [2.05, 4.69) is 6.07 Å². The van der Waals surface area contributed by atoms with Crippen LogP contribution in [0.5, 0.6) is 5.75 Å². The number of rotatable bonds is 1. The molecule has 15 heavy (non-hydrogen) atoms. The molecule has 0 bridgehead atoms. The van der Waals surface area contributed by atoms with Gasteiger partial charge in [0.1, 0.15) is 0 Å². The van der Waals surface area contributed by atoms with Gasteiger partial charge in [-0.2, -0.15) is 5.26 Å². The highest BCUT2D eigenvalue weighted by Gasteiger charge is 1.98. The molecule has 2 rings (SSSR count). The molecule has 2 aromatic rings. The van der Waals surface area contributed by atoms with Crippen LogP contribution in [0.4, 0.5) is 0 Å². The van der Waals surface area contributed by atoms with Crippen LogP contribution in [0.25, 0.3) is 11.1 Å². The number of hydrogen-bond acceptors (Lipinski definition) is 1. The van der Waals surface area contributed by atoms with Gasteiger partial charge in [-0.25, -0.2) is 0 Å². The van der Waals surface area contributed by atoms with Crippen LogP contribution in [0.15, 0.2) is 48.5 Å². The predicted molar refractivity (Wildman–Crippen MR) is 56.7 cm³/mol. The molecule has 0 saturated carbocycles. The largest absolute Gasteiger partial charge is 0.290 e. The van der Waals surface area contributed by atoms with Gasteiger partial charge in [0.2, 0.25) is 0 Å². The van der Waals surface area contributed by atoms with Gasteiger partial charge < -0.3 is 0 Å². The Labute approximate surface area is 88.0 Å². The molecule has 0 spiro atoms. The summed E-state index contributed by atoms with van der Waals surface area (Å²) in [6, 6.07) is 16.0. The highest BCUT2D eigenvalue weighted by molar-refractivity contribution is 5.64. The molecule has 0 heterocycles. The van der Waals surface area contributed by atoms with Gasteiger partial charge in [0.05, 0.1) is 11.6 Å². The molecular formula is C13H8NO. The van der Waals surface area contributed by atoms with Crippen LogP contribution < -0.4 is 0 Å². The van der Waals surface area contributed by atoms with Crippen LogP contribution in [0.2, 0.25) is 0 Å². The summed E-state index contributed by atoms with van der Waals surface area (Å²) < 4.78 is 0. The first-order chi connectivity index (χ1) is 7.29. The van der Waals surface area contributed by atoms with Crippen LogP contribution in [-0.4, -0.2) is 0 Å². The molecule has 2 aromatic carbocycles. The van der Waals surface area contributed by atoms with Crippen molar-refractivity contribution < 1.29 is 5.11 Å². The van der Waals surface area contributed by atoms with E-state index < -0.39 is 0 Å². The Balaban J connectivity index is 2.38. The molecule has 0 aliphatic rings. The van der Waals surface area contributed by atoms with Gasteiger partial charge in [0.25, 0.3) is 0 Å². The van der Waals surface area contributed by atoms with E-state index in [-0.39, 0.29) is 5.75 Å². The highest BCUT2D eigenvalue weighted by Crippen LogP contribution is 2.22. The molecule has 2 heteroatoms. The van der Waals surface area contributed by atoms with Crippen LogP contribution in [0.1, 0.15) is 5.56 Å². The number of hydrogen-bond donors (Lipinski definition) is 0. The third kappa shape index (κ3) is 1.97. The maximum Gasteiger partial charge on any atom is 0.178 e. The average Bonchev–Trinajstić information content (AvgIpc) is 2.30. The first-order valence-corrected chi connectivity index (χ1v) is 4.57. The number of benzene rings is 2. The topological polar surface area (TPSA) is 43.7 Å². The molecule has 0 saturated heterocycles. The van der Waals surface area contributed by atoms with E-state index in [0.29, 0.717) is 5.56 Å². The lowest BCUT2D eigenvalue weighted by atomic mass is 10.0. The summed E-state index contributed by atoms with van der Waals surface area (Å²) in [6.07, 6.45) is 0. The zero-order valence-corrected chi connectivity index (χ0v) is 7.97. The van der Waals surface area contributed by atoms with Crippen molar-refractivity contribution >= 4 is 0 Å². The van der Waals surface area contributed by atoms with Crippen LogP contribution in [-0.2, 0) is 5.11 Å². The molecule has 2 nitrogen and oxygen atoms in total. The van der Waals surface area contributed by atoms with Crippen molar-refractivity contribution in [3.63, 3.8) is 0 Å². The second-order valence-corrected chi connectivity index (χ2v) is 3.21. The SMILES string of the molecule is N#Cc1ccc(-c2ccc([O])cc2)cc1. The fraction of sp³-hybridized carbons (Fsp3) is 0. The van der Waals surface area contributed by atoms with Crippen molar-refractivity contribution in [1.29, 1.82) is 5.26 Å². The fourth-order valence-corrected chi connectivity index (χ4v) is 1.38. The highest BCUT2D eigenvalue weighted by atomic mass is 16.3. The van der Waals surface area contributed by atoms with Crippen LogP contribution >= 0.6 is 0 Å². The van der Waals surface area contributed by atoms with Gasteiger partial charge in [-0.05, 0) is 35.4 Å². The minimum atomic E-state index is 0.00685. The Morgan fingerprint density at radius 2 is 1.27 bits per heavy atom. The second-order valence-electron chi connectivity index (χ2n) is 3.21. The lowest BCUT2D eigenvalue weighted by Crippen LogP contribution is -1.78. The van der Waals surface area contributed by atoms with Crippen LogP contribution in [0.3, 0.4) is 0 Å². The Kier molecular flexibility index (Phi) is 2.38. The first-order valence-electron chi connectivity index (χ1n) is 4.57. The van der Waals surface area contributed by atoms with Gasteiger partial charge in [-0.15, -0.1) is 0 Å². The molecule has 0 N–H and O–H groups in total. The molecule has 0 amide bonds. The van der Waals surface area contributed by atoms with Crippen molar-refractivity contribution in [3.8, 4) is 22.9 Å². The quantitative estimate of drug-likeness (QED) is 0.686. The smallest absolute Gasteiger partial charge is 0.178 e. The Hall–Kier alpha value is -2.27. The van der Waals surface area contributed by atoms with Gasteiger partial charge in [0.15, 0.2) is 5.75 Å². The van der Waals surface area contributed by atoms with Gasteiger partial charge in [-0.1, -0.05) is 24.3 Å². The van der Waals surface area contributed by atoms with Gasteiger partial charge in [-0.3, -0.25) is 5.11 Å². The van der Waals surface area contributed by atoms with Crippen molar-refractivity contribution in [2.24, 2.45) is 0 Å². The van der Waals surface area contributed by atoms with Gasteiger partial charge in [0, 0.05) is 0 Å². The lowest BCUT2D eigenvalue weighted by Gasteiger charge is -2.00. The summed E-state index contributed by atoms with van der Waals surface area (Å²) in [5, 5.41) is 19.6. The Morgan fingerprint density at radius 3 is 1.73 bits per heavy atom. The maximum absolute atomic E-state index is 10.9.